The second-order valence-electron chi connectivity index (χ2n) is 5.37. The van der Waals surface area contributed by atoms with Crippen molar-refractivity contribution in [3.8, 4) is 12.3 Å². The molecular formula is C13H11B2ClN4O3. The van der Waals surface area contributed by atoms with E-state index < -0.39 is 23.3 Å². The highest BCUT2D eigenvalue weighted by Gasteiger charge is 2.55. The maximum absolute atomic E-state index is 10.2. The van der Waals surface area contributed by atoms with Crippen molar-refractivity contribution >= 4 is 44.1 Å². The molecule has 0 bridgehead atoms. The van der Waals surface area contributed by atoms with Gasteiger partial charge in [0.05, 0.1) is 11.5 Å². The highest BCUT2D eigenvalue weighted by atomic mass is 35.5. The Morgan fingerprint density at radius 3 is 2.83 bits per heavy atom. The Labute approximate surface area is 139 Å². The molecule has 1 saturated heterocycles. The number of nitrogens with two attached hydrogens (primary N) is 1. The first kappa shape index (κ1) is 16.1. The van der Waals surface area contributed by atoms with E-state index in [0.29, 0.717) is 11.0 Å². The standard InChI is InChI=1S/C13H11B2ClN4O3/c1-2-12(13(14,15)22)7(21)5-8(23-12)20-4-3-6-9(17)18-11(16)19-10(6)20/h1,3-4,7-8,21-22H,5H2,(H2,17,18,19)/t7-,8+,12?/m0/s1. The molecule has 0 aromatic carbocycles. The third-order valence-electron chi connectivity index (χ3n) is 3.91. The summed E-state index contributed by atoms with van der Waals surface area (Å²) in [5, 5.41) is 18.2. The van der Waals surface area contributed by atoms with Crippen LogP contribution in [0.3, 0.4) is 0 Å². The number of rotatable bonds is 2. The van der Waals surface area contributed by atoms with Crippen molar-refractivity contribution in [2.45, 2.75) is 29.8 Å². The molecule has 1 aliphatic heterocycles. The number of aliphatic hydroxyl groups is 2. The minimum Gasteiger partial charge on any atom is -0.405 e. The average molecular weight is 328 g/mol. The monoisotopic (exact) mass is 328 g/mol. The van der Waals surface area contributed by atoms with E-state index in [0.717, 1.165) is 0 Å². The van der Waals surface area contributed by atoms with E-state index in [1.807, 2.05) is 0 Å². The number of nitrogens with zero attached hydrogens (tertiary/aromatic N) is 3. The lowest BCUT2D eigenvalue weighted by atomic mass is 9.54. The predicted molar refractivity (Wildman–Crippen MR) is 85.7 cm³/mol. The summed E-state index contributed by atoms with van der Waals surface area (Å²) < 4.78 is 7.20. The maximum Gasteiger partial charge on any atom is 0.226 e. The maximum atomic E-state index is 10.2. The zero-order valence-electron chi connectivity index (χ0n) is 11.8. The van der Waals surface area contributed by atoms with E-state index >= 15 is 0 Å². The summed E-state index contributed by atoms with van der Waals surface area (Å²) >= 11 is 5.83. The molecular weight excluding hydrogens is 317 g/mol. The van der Waals surface area contributed by atoms with Gasteiger partial charge in [-0.2, -0.15) is 4.98 Å². The molecule has 3 rings (SSSR count). The Morgan fingerprint density at radius 1 is 1.57 bits per heavy atom. The van der Waals surface area contributed by atoms with Crippen molar-refractivity contribution in [1.29, 1.82) is 0 Å². The van der Waals surface area contributed by atoms with Gasteiger partial charge in [0.15, 0.2) is 5.60 Å². The number of terminal acetylenes is 1. The lowest BCUT2D eigenvalue weighted by molar-refractivity contribution is -0.117. The second kappa shape index (κ2) is 5.14. The number of ether oxygens (including phenoxy) is 1. The van der Waals surface area contributed by atoms with Crippen LogP contribution in [0.2, 0.25) is 5.28 Å². The van der Waals surface area contributed by atoms with E-state index in [2.05, 4.69) is 15.9 Å². The van der Waals surface area contributed by atoms with Crippen molar-refractivity contribution < 1.29 is 14.9 Å². The Morgan fingerprint density at radius 2 is 2.26 bits per heavy atom. The van der Waals surface area contributed by atoms with E-state index in [4.69, 9.17) is 44.2 Å². The van der Waals surface area contributed by atoms with Crippen molar-refractivity contribution in [2.75, 3.05) is 5.73 Å². The van der Waals surface area contributed by atoms with Crippen molar-refractivity contribution in [2.24, 2.45) is 0 Å². The van der Waals surface area contributed by atoms with E-state index in [-0.39, 0.29) is 17.5 Å². The number of anilines is 1. The predicted octanol–water partition coefficient (Wildman–Crippen LogP) is -0.698. The molecule has 1 aliphatic rings. The number of halogens is 1. The van der Waals surface area contributed by atoms with Gasteiger partial charge in [-0.15, -0.1) is 6.42 Å². The average Bonchev–Trinajstić information content (AvgIpc) is 2.99. The van der Waals surface area contributed by atoms with Gasteiger partial charge in [0, 0.05) is 18.0 Å². The summed E-state index contributed by atoms with van der Waals surface area (Å²) in [4.78, 5) is 7.96. The highest BCUT2D eigenvalue weighted by molar-refractivity contribution is 6.40. The van der Waals surface area contributed by atoms with Crippen molar-refractivity contribution in [1.82, 2.24) is 14.5 Å². The first-order valence-electron chi connectivity index (χ1n) is 6.63. The molecule has 23 heavy (non-hydrogen) atoms. The highest BCUT2D eigenvalue weighted by Crippen LogP contribution is 2.42. The minimum atomic E-state index is -2.43. The van der Waals surface area contributed by atoms with Crippen LogP contribution < -0.4 is 5.73 Å². The van der Waals surface area contributed by atoms with Crippen molar-refractivity contribution in [3.05, 3.63) is 17.5 Å². The first-order valence-corrected chi connectivity index (χ1v) is 7.00. The molecule has 1 unspecified atom stereocenters. The summed E-state index contributed by atoms with van der Waals surface area (Å²) in [6, 6.07) is 1.67. The second-order valence-corrected chi connectivity index (χ2v) is 5.71. The SMILES string of the molecule is [B]C([B])(O)C1(C#C)O[C@@H](n2ccc3c(N)nc(Cl)nc32)C[C@@H]1O. The lowest BCUT2D eigenvalue weighted by Gasteiger charge is -2.38. The third kappa shape index (κ3) is 2.30. The van der Waals surface area contributed by atoms with Gasteiger partial charge in [0.25, 0.3) is 0 Å². The van der Waals surface area contributed by atoms with Crippen LogP contribution in [0.5, 0.6) is 0 Å². The van der Waals surface area contributed by atoms with Gasteiger partial charge in [-0.1, -0.05) is 5.92 Å². The number of aliphatic hydroxyl groups excluding tert-OH is 1. The smallest absolute Gasteiger partial charge is 0.226 e. The van der Waals surface area contributed by atoms with Gasteiger partial charge in [0.2, 0.25) is 5.28 Å². The summed E-state index contributed by atoms with van der Waals surface area (Å²) in [6.45, 7) is 0. The van der Waals surface area contributed by atoms with Crippen LogP contribution in [-0.4, -0.2) is 57.5 Å². The molecule has 0 spiro atoms. The van der Waals surface area contributed by atoms with Crippen LogP contribution in [0.25, 0.3) is 11.0 Å². The van der Waals surface area contributed by atoms with Gasteiger partial charge in [-0.3, -0.25) is 0 Å². The number of fused-ring (bicyclic) bond motifs is 1. The van der Waals surface area contributed by atoms with Gasteiger partial charge >= 0.3 is 0 Å². The summed E-state index contributed by atoms with van der Waals surface area (Å²) in [7, 11) is 11.0. The first-order chi connectivity index (χ1) is 10.7. The van der Waals surface area contributed by atoms with Gasteiger partial charge in [-0.05, 0) is 17.7 Å². The van der Waals surface area contributed by atoms with E-state index in [9.17, 15) is 10.2 Å². The molecule has 4 N–H and O–H groups in total. The normalized spacial score (nSPS) is 28.1. The Hall–Kier alpha value is -1.72. The molecule has 2 aromatic rings. The molecule has 0 saturated carbocycles. The molecule has 3 atom stereocenters. The van der Waals surface area contributed by atoms with Crippen LogP contribution in [0.15, 0.2) is 12.3 Å². The van der Waals surface area contributed by atoms with Crippen LogP contribution in [0.4, 0.5) is 5.82 Å². The zero-order chi connectivity index (χ0) is 17.0. The molecule has 10 heteroatoms. The quantitative estimate of drug-likeness (QED) is 0.382. The van der Waals surface area contributed by atoms with Crippen LogP contribution in [0.1, 0.15) is 12.6 Å². The number of aromatic nitrogens is 3. The molecule has 1 fully saturated rings. The molecule has 0 amide bonds. The Balaban J connectivity index is 2.07. The van der Waals surface area contributed by atoms with Gasteiger partial charge in [-0.25, -0.2) is 4.98 Å². The van der Waals surface area contributed by atoms with Crippen LogP contribution >= 0.6 is 11.6 Å². The fourth-order valence-electron chi connectivity index (χ4n) is 2.74. The van der Waals surface area contributed by atoms with Crippen molar-refractivity contribution in [3.63, 3.8) is 0 Å². The van der Waals surface area contributed by atoms with E-state index in [1.165, 1.54) is 0 Å². The van der Waals surface area contributed by atoms with Crippen LogP contribution in [-0.2, 0) is 4.74 Å². The molecule has 0 aliphatic carbocycles. The lowest BCUT2D eigenvalue weighted by Crippen LogP contribution is -2.60. The largest absolute Gasteiger partial charge is 0.405 e. The molecule has 3 heterocycles. The zero-order valence-corrected chi connectivity index (χ0v) is 12.6. The topological polar surface area (TPSA) is 106 Å². The molecule has 4 radical (unpaired) electrons. The fraction of sp³-hybridized carbons (Fsp3) is 0.385. The number of hydrogen-bond acceptors (Lipinski definition) is 6. The minimum absolute atomic E-state index is 0.0339. The molecule has 7 nitrogen and oxygen atoms in total. The summed E-state index contributed by atoms with van der Waals surface area (Å²) in [6.07, 6.45) is 4.99. The fourth-order valence-corrected chi connectivity index (χ4v) is 2.91. The molecule has 114 valence electrons. The van der Waals surface area contributed by atoms with Gasteiger partial charge < -0.3 is 25.3 Å². The molecule has 2 aromatic heterocycles. The van der Waals surface area contributed by atoms with E-state index in [1.54, 1.807) is 16.8 Å². The number of hydrogen-bond donors (Lipinski definition) is 3. The van der Waals surface area contributed by atoms with Crippen LogP contribution in [0, 0.1) is 12.3 Å². The third-order valence-corrected chi connectivity index (χ3v) is 4.08. The van der Waals surface area contributed by atoms with Gasteiger partial charge in [0.1, 0.15) is 33.4 Å². The summed E-state index contributed by atoms with van der Waals surface area (Å²) in [5.74, 6) is 2.36. The summed E-state index contributed by atoms with van der Waals surface area (Å²) in [5.41, 5.74) is 4.23. The Bertz CT molecular complexity index is 816. The Kier molecular flexibility index (Phi) is 3.61. The number of nitrogen functional groups attached to an aromatic ring is 1.